The minimum absolute atomic E-state index is 0.0918. The molecule has 3 aromatic rings. The van der Waals surface area contributed by atoms with Crippen molar-refractivity contribution in [2.75, 3.05) is 5.32 Å². The summed E-state index contributed by atoms with van der Waals surface area (Å²) >= 11 is 6.11. The maximum atomic E-state index is 12.3. The van der Waals surface area contributed by atoms with E-state index in [1.165, 1.54) is 0 Å². The van der Waals surface area contributed by atoms with Gasteiger partial charge in [-0.25, -0.2) is 0 Å². The van der Waals surface area contributed by atoms with Gasteiger partial charge in [-0.2, -0.15) is 5.10 Å². The Morgan fingerprint density at radius 2 is 2.00 bits per heavy atom. The molecule has 0 unspecified atom stereocenters. The minimum Gasteiger partial charge on any atom is -0.326 e. The maximum absolute atomic E-state index is 12.3. The molecular weight excluding hydrogens is 322 g/mol. The number of nitrogens with zero attached hydrogens (tertiary/aromatic N) is 2. The van der Waals surface area contributed by atoms with Crippen LogP contribution in [0.2, 0.25) is 5.02 Å². The lowest BCUT2D eigenvalue weighted by atomic mass is 10.1. The zero-order valence-corrected chi connectivity index (χ0v) is 14.3. The number of nitrogens with one attached hydrogen (secondary N) is 1. The lowest BCUT2D eigenvalue weighted by molar-refractivity contribution is -0.115. The van der Waals surface area contributed by atoms with Crippen molar-refractivity contribution in [3.05, 3.63) is 71.0 Å². The topological polar surface area (TPSA) is 46.9 Å². The molecule has 0 fully saturated rings. The van der Waals surface area contributed by atoms with Crippen LogP contribution in [0.1, 0.15) is 11.1 Å². The minimum atomic E-state index is -0.0918. The Hall–Kier alpha value is -2.59. The van der Waals surface area contributed by atoms with Gasteiger partial charge in [0, 0.05) is 29.5 Å². The predicted molar refractivity (Wildman–Crippen MR) is 97.2 cm³/mol. The molecule has 1 N–H and O–H groups in total. The van der Waals surface area contributed by atoms with Gasteiger partial charge in [-0.05, 0) is 41.8 Å². The molecule has 0 bridgehead atoms. The fourth-order valence-corrected chi connectivity index (χ4v) is 2.81. The number of hydrogen-bond donors (Lipinski definition) is 1. The second-order valence-corrected chi connectivity index (χ2v) is 6.21. The largest absolute Gasteiger partial charge is 0.326 e. The molecule has 0 aliphatic rings. The van der Waals surface area contributed by atoms with Crippen LogP contribution in [0.3, 0.4) is 0 Å². The van der Waals surface area contributed by atoms with Crippen LogP contribution in [-0.4, -0.2) is 15.7 Å². The molecule has 24 heavy (non-hydrogen) atoms. The standard InChI is InChI=1S/C19H18ClN3O/c1-13-7-15(16-11-21-23(2)12-16)9-17(8-13)22-19(24)10-14-5-3-4-6-18(14)20/h3-9,11-12H,10H2,1-2H3,(H,22,24). The molecule has 5 heteroatoms. The summed E-state index contributed by atoms with van der Waals surface area (Å²) in [6.07, 6.45) is 4.00. The van der Waals surface area contributed by atoms with Gasteiger partial charge in [-0.3, -0.25) is 9.48 Å². The lowest BCUT2D eigenvalue weighted by Gasteiger charge is -2.09. The first kappa shape index (κ1) is 16.3. The highest BCUT2D eigenvalue weighted by molar-refractivity contribution is 6.31. The third-order valence-corrected chi connectivity index (χ3v) is 4.08. The van der Waals surface area contributed by atoms with Crippen LogP contribution in [0.5, 0.6) is 0 Å². The van der Waals surface area contributed by atoms with Gasteiger partial charge < -0.3 is 5.32 Å². The molecule has 0 saturated heterocycles. The molecule has 0 spiro atoms. The Labute approximate surface area is 146 Å². The van der Waals surface area contributed by atoms with E-state index in [0.717, 1.165) is 27.9 Å². The number of carbonyl (C=O) groups is 1. The van der Waals surface area contributed by atoms with Gasteiger partial charge >= 0.3 is 0 Å². The van der Waals surface area contributed by atoms with Gasteiger partial charge in [-0.1, -0.05) is 35.9 Å². The van der Waals surface area contributed by atoms with Crippen molar-refractivity contribution in [3.8, 4) is 11.1 Å². The second kappa shape index (κ2) is 6.89. The first-order chi connectivity index (χ1) is 11.5. The lowest BCUT2D eigenvalue weighted by Crippen LogP contribution is -2.14. The van der Waals surface area contributed by atoms with E-state index >= 15 is 0 Å². The van der Waals surface area contributed by atoms with Crippen LogP contribution in [0.4, 0.5) is 5.69 Å². The molecule has 0 radical (unpaired) electrons. The number of aromatic nitrogens is 2. The van der Waals surface area contributed by atoms with Crippen LogP contribution in [-0.2, 0) is 18.3 Å². The number of anilines is 1. The number of benzene rings is 2. The van der Waals surface area contributed by atoms with Crippen molar-refractivity contribution < 1.29 is 4.79 Å². The second-order valence-electron chi connectivity index (χ2n) is 5.81. The summed E-state index contributed by atoms with van der Waals surface area (Å²) in [7, 11) is 1.88. The van der Waals surface area contributed by atoms with Gasteiger partial charge in [0.2, 0.25) is 5.91 Å². The van der Waals surface area contributed by atoms with Gasteiger partial charge in [0.1, 0.15) is 0 Å². The Morgan fingerprint density at radius 3 is 2.71 bits per heavy atom. The molecule has 1 aromatic heterocycles. The Morgan fingerprint density at radius 1 is 1.21 bits per heavy atom. The third kappa shape index (κ3) is 3.84. The van der Waals surface area contributed by atoms with Crippen molar-refractivity contribution in [2.45, 2.75) is 13.3 Å². The fourth-order valence-electron chi connectivity index (χ4n) is 2.61. The number of amides is 1. The van der Waals surface area contributed by atoms with Crippen LogP contribution in [0.15, 0.2) is 54.9 Å². The quantitative estimate of drug-likeness (QED) is 0.773. The van der Waals surface area contributed by atoms with E-state index < -0.39 is 0 Å². The Bertz CT molecular complexity index is 886. The van der Waals surface area contributed by atoms with Crippen LogP contribution in [0.25, 0.3) is 11.1 Å². The van der Waals surface area contributed by atoms with Gasteiger partial charge in [-0.15, -0.1) is 0 Å². The number of hydrogen-bond acceptors (Lipinski definition) is 2. The molecule has 0 saturated carbocycles. The van der Waals surface area contributed by atoms with Gasteiger partial charge in [0.25, 0.3) is 0 Å². The van der Waals surface area contributed by atoms with E-state index in [-0.39, 0.29) is 12.3 Å². The summed E-state index contributed by atoms with van der Waals surface area (Å²) in [6, 6.07) is 13.3. The number of rotatable bonds is 4. The molecule has 3 rings (SSSR count). The molecule has 1 heterocycles. The molecule has 0 aliphatic carbocycles. The van der Waals surface area contributed by atoms with E-state index in [1.807, 2.05) is 56.7 Å². The van der Waals surface area contributed by atoms with E-state index in [1.54, 1.807) is 10.7 Å². The number of aryl methyl sites for hydroxylation is 2. The molecular formula is C19H18ClN3O. The van der Waals surface area contributed by atoms with Crippen LogP contribution >= 0.6 is 11.6 Å². The zero-order chi connectivity index (χ0) is 17.1. The van der Waals surface area contributed by atoms with E-state index in [9.17, 15) is 4.79 Å². The summed E-state index contributed by atoms with van der Waals surface area (Å²) in [6.45, 7) is 2.00. The van der Waals surface area contributed by atoms with Crippen LogP contribution < -0.4 is 5.32 Å². The molecule has 122 valence electrons. The summed E-state index contributed by atoms with van der Waals surface area (Å²) in [5.41, 5.74) is 4.70. The normalized spacial score (nSPS) is 10.6. The molecule has 4 nitrogen and oxygen atoms in total. The SMILES string of the molecule is Cc1cc(NC(=O)Cc2ccccc2Cl)cc(-c2cnn(C)c2)c1. The fraction of sp³-hybridized carbons (Fsp3) is 0.158. The Balaban J connectivity index is 1.79. The Kier molecular flexibility index (Phi) is 4.67. The maximum Gasteiger partial charge on any atom is 0.228 e. The third-order valence-electron chi connectivity index (χ3n) is 3.71. The van der Waals surface area contributed by atoms with Gasteiger partial charge in [0.05, 0.1) is 12.6 Å². The van der Waals surface area contributed by atoms with Crippen molar-refractivity contribution in [1.82, 2.24) is 9.78 Å². The van der Waals surface area contributed by atoms with Crippen LogP contribution in [0, 0.1) is 6.92 Å². The van der Waals surface area contributed by atoms with Gasteiger partial charge in [0.15, 0.2) is 0 Å². The number of carbonyl (C=O) groups excluding carboxylic acids is 1. The predicted octanol–water partition coefficient (Wildman–Crippen LogP) is 4.23. The number of halogens is 1. The van der Waals surface area contributed by atoms with E-state index in [2.05, 4.69) is 16.5 Å². The summed E-state index contributed by atoms with van der Waals surface area (Å²) in [5, 5.41) is 7.75. The first-order valence-corrected chi connectivity index (χ1v) is 8.03. The molecule has 1 amide bonds. The highest BCUT2D eigenvalue weighted by Crippen LogP contribution is 2.24. The average Bonchev–Trinajstić information content (AvgIpc) is 2.95. The van der Waals surface area contributed by atoms with Crippen molar-refractivity contribution in [3.63, 3.8) is 0 Å². The van der Waals surface area contributed by atoms with E-state index in [4.69, 9.17) is 11.6 Å². The highest BCUT2D eigenvalue weighted by Gasteiger charge is 2.09. The monoisotopic (exact) mass is 339 g/mol. The van der Waals surface area contributed by atoms with Crippen molar-refractivity contribution in [1.29, 1.82) is 0 Å². The highest BCUT2D eigenvalue weighted by atomic mass is 35.5. The van der Waals surface area contributed by atoms with Crippen molar-refractivity contribution in [2.24, 2.45) is 7.05 Å². The smallest absolute Gasteiger partial charge is 0.228 e. The van der Waals surface area contributed by atoms with E-state index in [0.29, 0.717) is 5.02 Å². The summed E-state index contributed by atoms with van der Waals surface area (Å²) in [4.78, 5) is 12.3. The van der Waals surface area contributed by atoms with Crippen molar-refractivity contribution >= 4 is 23.2 Å². The summed E-state index contributed by atoms with van der Waals surface area (Å²) in [5.74, 6) is -0.0918. The summed E-state index contributed by atoms with van der Waals surface area (Å²) < 4.78 is 1.76. The molecule has 2 aromatic carbocycles. The first-order valence-electron chi connectivity index (χ1n) is 7.65. The average molecular weight is 340 g/mol. The zero-order valence-electron chi connectivity index (χ0n) is 13.6. The molecule has 0 atom stereocenters. The molecule has 0 aliphatic heterocycles.